The molecule has 0 unspecified atom stereocenters. The molecule has 0 bridgehead atoms. The lowest BCUT2D eigenvalue weighted by molar-refractivity contribution is -0.140. The van der Waals surface area contributed by atoms with E-state index in [2.05, 4.69) is 20.1 Å². The Morgan fingerprint density at radius 1 is 1.12 bits per heavy atom. The number of fused-ring (bicyclic) bond motifs is 1. The molecule has 0 spiro atoms. The molecule has 138 valence electrons. The van der Waals surface area contributed by atoms with Crippen LogP contribution in [0.25, 0.3) is 16.9 Å². The Morgan fingerprint density at radius 2 is 1.85 bits per heavy atom. The van der Waals surface area contributed by atoms with Gasteiger partial charge in [0.25, 0.3) is 0 Å². The molecule has 3 aromatic heterocycles. The van der Waals surface area contributed by atoms with E-state index in [1.54, 1.807) is 6.07 Å². The zero-order valence-electron chi connectivity index (χ0n) is 14.5. The highest BCUT2D eigenvalue weighted by atomic mass is 19.4. The van der Waals surface area contributed by atoms with E-state index in [-0.39, 0.29) is 23.5 Å². The van der Waals surface area contributed by atoms with Gasteiger partial charge in [-0.05, 0) is 12.0 Å². The fourth-order valence-electron chi connectivity index (χ4n) is 2.47. The van der Waals surface area contributed by atoms with Gasteiger partial charge in [0.2, 0.25) is 5.88 Å². The zero-order chi connectivity index (χ0) is 19.1. The van der Waals surface area contributed by atoms with E-state index >= 15 is 0 Å². The largest absolute Gasteiger partial charge is 0.480 e. The van der Waals surface area contributed by atoms with Crippen molar-refractivity contribution in [2.24, 2.45) is 0 Å². The van der Waals surface area contributed by atoms with Crippen molar-refractivity contribution >= 4 is 5.65 Å². The summed E-state index contributed by atoms with van der Waals surface area (Å²) in [4.78, 5) is 11.8. The van der Waals surface area contributed by atoms with Gasteiger partial charge < -0.3 is 9.47 Å². The maximum absolute atomic E-state index is 13.0. The lowest BCUT2D eigenvalue weighted by Crippen LogP contribution is -2.04. The summed E-state index contributed by atoms with van der Waals surface area (Å²) in [5.74, 6) is 0.127. The van der Waals surface area contributed by atoms with Crippen LogP contribution in [-0.4, -0.2) is 38.8 Å². The van der Waals surface area contributed by atoms with Gasteiger partial charge in [-0.2, -0.15) is 23.3 Å². The Morgan fingerprint density at radius 3 is 2.42 bits per heavy atom. The Balaban J connectivity index is 2.25. The average molecular weight is 367 g/mol. The third-order valence-corrected chi connectivity index (χ3v) is 3.75. The molecule has 0 saturated carbocycles. The van der Waals surface area contributed by atoms with E-state index in [1.807, 2.05) is 13.8 Å². The van der Waals surface area contributed by atoms with Gasteiger partial charge in [-0.3, -0.25) is 0 Å². The fourth-order valence-corrected chi connectivity index (χ4v) is 2.47. The predicted molar refractivity (Wildman–Crippen MR) is 86.2 cm³/mol. The lowest BCUT2D eigenvalue weighted by atomic mass is 10.0. The van der Waals surface area contributed by atoms with E-state index in [1.165, 1.54) is 20.4 Å². The number of rotatable bonds is 4. The van der Waals surface area contributed by atoms with Crippen molar-refractivity contribution < 1.29 is 22.6 Å². The summed E-state index contributed by atoms with van der Waals surface area (Å²) >= 11 is 0. The van der Waals surface area contributed by atoms with Crippen LogP contribution < -0.4 is 9.47 Å². The third kappa shape index (κ3) is 3.14. The quantitative estimate of drug-likeness (QED) is 0.704. The van der Waals surface area contributed by atoms with Gasteiger partial charge in [0.15, 0.2) is 11.3 Å². The lowest BCUT2D eigenvalue weighted by Gasteiger charge is -2.12. The van der Waals surface area contributed by atoms with Crippen LogP contribution in [0.2, 0.25) is 0 Å². The van der Waals surface area contributed by atoms with Crippen molar-refractivity contribution in [2.45, 2.75) is 25.9 Å². The smallest absolute Gasteiger partial charge is 0.434 e. The van der Waals surface area contributed by atoms with E-state index in [0.717, 1.165) is 10.7 Å². The number of aromatic nitrogens is 5. The van der Waals surface area contributed by atoms with Crippen molar-refractivity contribution in [1.29, 1.82) is 0 Å². The molecule has 3 heterocycles. The summed E-state index contributed by atoms with van der Waals surface area (Å²) in [5, 5.41) is 4.24. The summed E-state index contributed by atoms with van der Waals surface area (Å²) in [6, 6.07) is 1.78. The number of hydrogen-bond donors (Lipinski definition) is 0. The molecule has 26 heavy (non-hydrogen) atoms. The molecule has 0 aliphatic carbocycles. The second kappa shape index (κ2) is 6.43. The molecule has 0 aliphatic heterocycles. The van der Waals surface area contributed by atoms with E-state index < -0.39 is 11.9 Å². The van der Waals surface area contributed by atoms with Crippen LogP contribution in [0.4, 0.5) is 13.2 Å². The highest BCUT2D eigenvalue weighted by molar-refractivity contribution is 5.67. The zero-order valence-corrected chi connectivity index (χ0v) is 14.5. The molecule has 0 radical (unpaired) electrons. The minimum Gasteiger partial charge on any atom is -0.480 e. The molecule has 0 fully saturated rings. The van der Waals surface area contributed by atoms with Crippen molar-refractivity contribution in [3.63, 3.8) is 0 Å². The molecule has 0 atom stereocenters. The van der Waals surface area contributed by atoms with Crippen molar-refractivity contribution in [3.05, 3.63) is 29.7 Å². The highest BCUT2D eigenvalue weighted by Crippen LogP contribution is 2.33. The second-order valence-electron chi connectivity index (χ2n) is 5.81. The first kappa shape index (κ1) is 17.9. The predicted octanol–water partition coefficient (Wildman–Crippen LogP) is 3.35. The molecule has 0 aliphatic rings. The van der Waals surface area contributed by atoms with Gasteiger partial charge in [-0.1, -0.05) is 13.8 Å². The second-order valence-corrected chi connectivity index (χ2v) is 5.81. The Kier molecular flexibility index (Phi) is 4.43. The van der Waals surface area contributed by atoms with Gasteiger partial charge >= 0.3 is 12.2 Å². The summed E-state index contributed by atoms with van der Waals surface area (Å²) in [6.07, 6.45) is -2.24. The van der Waals surface area contributed by atoms with Gasteiger partial charge in [0.05, 0.1) is 31.7 Å². The molecular weight excluding hydrogens is 351 g/mol. The first-order chi connectivity index (χ1) is 12.2. The molecule has 3 aromatic rings. The molecule has 0 N–H and O–H groups in total. The number of imidazole rings is 1. The molecule has 10 heteroatoms. The van der Waals surface area contributed by atoms with E-state index in [4.69, 9.17) is 9.47 Å². The van der Waals surface area contributed by atoms with Crippen molar-refractivity contribution in [3.8, 4) is 23.1 Å². The standard InChI is InChI=1S/C16H16F3N5O2/c1-8(2)9-5-11(10-6-20-15(26-4)22-14(10)25-3)23-24-7-12(16(17,18)19)21-13(9)24/h5-8H,1-4H3. The van der Waals surface area contributed by atoms with E-state index in [0.29, 0.717) is 16.8 Å². The van der Waals surface area contributed by atoms with Crippen LogP contribution in [0.5, 0.6) is 11.9 Å². The minimum absolute atomic E-state index is 0.0760. The van der Waals surface area contributed by atoms with Gasteiger partial charge in [-0.25, -0.2) is 14.5 Å². The first-order valence-corrected chi connectivity index (χ1v) is 7.67. The molecule has 0 saturated heterocycles. The molecule has 7 nitrogen and oxygen atoms in total. The van der Waals surface area contributed by atoms with Crippen LogP contribution >= 0.6 is 0 Å². The maximum Gasteiger partial charge on any atom is 0.434 e. The van der Waals surface area contributed by atoms with Crippen molar-refractivity contribution in [1.82, 2.24) is 24.6 Å². The Hall–Kier alpha value is -2.91. The number of hydrogen-bond acceptors (Lipinski definition) is 6. The average Bonchev–Trinajstić information content (AvgIpc) is 3.04. The van der Waals surface area contributed by atoms with Crippen molar-refractivity contribution in [2.75, 3.05) is 14.2 Å². The maximum atomic E-state index is 13.0. The SMILES string of the molecule is COc1ncc(-c2cc(C(C)C)c3nc(C(F)(F)F)cn3n2)c(OC)n1. The number of methoxy groups -OCH3 is 2. The monoisotopic (exact) mass is 367 g/mol. The third-order valence-electron chi connectivity index (χ3n) is 3.75. The Labute approximate surface area is 146 Å². The van der Waals surface area contributed by atoms with Crippen LogP contribution in [0, 0.1) is 0 Å². The summed E-state index contributed by atoms with van der Waals surface area (Å²) < 4.78 is 50.4. The summed E-state index contributed by atoms with van der Waals surface area (Å²) in [5.41, 5.74) is 0.570. The Bertz CT molecular complexity index is 953. The number of halogens is 3. The molecule has 0 amide bonds. The summed E-state index contributed by atoms with van der Waals surface area (Å²) in [6.45, 7) is 3.73. The van der Waals surface area contributed by atoms with E-state index in [9.17, 15) is 13.2 Å². The van der Waals surface area contributed by atoms with Gasteiger partial charge in [0, 0.05) is 11.8 Å². The molecule has 0 aromatic carbocycles. The van der Waals surface area contributed by atoms with Crippen LogP contribution in [0.1, 0.15) is 31.0 Å². The summed E-state index contributed by atoms with van der Waals surface area (Å²) in [7, 11) is 2.84. The van der Waals surface area contributed by atoms with Crippen LogP contribution in [0.3, 0.4) is 0 Å². The topological polar surface area (TPSA) is 74.4 Å². The number of ether oxygens (including phenoxy) is 2. The van der Waals surface area contributed by atoms with Crippen LogP contribution in [-0.2, 0) is 6.18 Å². The fraction of sp³-hybridized carbons (Fsp3) is 0.375. The number of nitrogens with zero attached hydrogens (tertiary/aromatic N) is 5. The first-order valence-electron chi connectivity index (χ1n) is 7.67. The normalized spacial score (nSPS) is 12.0. The highest BCUT2D eigenvalue weighted by Gasteiger charge is 2.34. The van der Waals surface area contributed by atoms with Gasteiger partial charge in [-0.15, -0.1) is 0 Å². The molecular formula is C16H16F3N5O2. The minimum atomic E-state index is -4.55. The molecule has 3 rings (SSSR count). The van der Waals surface area contributed by atoms with Gasteiger partial charge in [0.1, 0.15) is 0 Å². The van der Waals surface area contributed by atoms with Crippen LogP contribution in [0.15, 0.2) is 18.5 Å². The number of alkyl halides is 3.